The molecule has 0 saturated carbocycles. The van der Waals surface area contributed by atoms with Gasteiger partial charge in [-0.1, -0.05) is 145 Å². The first-order chi connectivity index (χ1) is 25.4. The van der Waals surface area contributed by atoms with E-state index in [-0.39, 0.29) is 28.3 Å². The quantitative estimate of drug-likeness (QED) is 0.0561. The van der Waals surface area contributed by atoms with E-state index in [2.05, 4.69) is 20.4 Å². The molecular formula is C44H38N4NiO4. The van der Waals surface area contributed by atoms with Crippen LogP contribution in [0.3, 0.4) is 0 Å². The van der Waals surface area contributed by atoms with Crippen LogP contribution in [0.4, 0.5) is 0 Å². The number of ether oxygens (including phenoxy) is 2. The van der Waals surface area contributed by atoms with Gasteiger partial charge in [0, 0.05) is 11.8 Å². The Hall–Kier alpha value is -6.31. The molecule has 0 bridgehead atoms. The zero-order valence-corrected chi connectivity index (χ0v) is 30.3. The summed E-state index contributed by atoms with van der Waals surface area (Å²) in [4.78, 5) is 0. The van der Waals surface area contributed by atoms with Gasteiger partial charge in [-0.05, 0) is 71.5 Å². The Labute approximate surface area is 320 Å². The minimum atomic E-state index is -0.386. The van der Waals surface area contributed by atoms with Crippen LogP contribution in [0.15, 0.2) is 178 Å². The van der Waals surface area contributed by atoms with Crippen molar-refractivity contribution in [2.24, 2.45) is 20.4 Å². The zero-order valence-electron chi connectivity index (χ0n) is 29.3. The van der Waals surface area contributed by atoms with Crippen LogP contribution in [0.5, 0.6) is 11.5 Å². The molecule has 268 valence electrons. The van der Waals surface area contributed by atoms with Crippen molar-refractivity contribution in [1.82, 2.24) is 0 Å². The van der Waals surface area contributed by atoms with Crippen LogP contribution >= 0.6 is 0 Å². The molecule has 0 unspecified atom stereocenters. The number of hydrogen-bond acceptors (Lipinski definition) is 8. The van der Waals surface area contributed by atoms with Gasteiger partial charge in [-0.3, -0.25) is 0 Å². The van der Waals surface area contributed by atoms with Gasteiger partial charge in [-0.2, -0.15) is 20.4 Å². The van der Waals surface area contributed by atoms with E-state index in [1.807, 2.05) is 123 Å². The van der Waals surface area contributed by atoms with Crippen molar-refractivity contribution in [3.63, 3.8) is 0 Å². The predicted molar refractivity (Wildman–Crippen MR) is 205 cm³/mol. The molecular weight excluding hydrogens is 707 g/mol. The summed E-state index contributed by atoms with van der Waals surface area (Å²) >= 11 is 0. The van der Waals surface area contributed by atoms with Gasteiger partial charge in [0.2, 0.25) is 0 Å². The third kappa shape index (κ3) is 13.7. The molecule has 0 saturated heterocycles. The average molecular weight is 746 g/mol. The predicted octanol–water partition coefficient (Wildman–Crippen LogP) is 7.43. The second-order valence-corrected chi connectivity index (χ2v) is 11.7. The smallest absolute Gasteiger partial charge is 0.857 e. The zero-order chi connectivity index (χ0) is 36.4. The second-order valence-electron chi connectivity index (χ2n) is 11.7. The summed E-state index contributed by atoms with van der Waals surface area (Å²) in [7, 11) is 0. The van der Waals surface area contributed by atoms with Crippen molar-refractivity contribution in [1.29, 1.82) is 0 Å². The molecule has 6 aromatic rings. The number of aryl methyl sites for hydroxylation is 2. The van der Waals surface area contributed by atoms with E-state index < -0.39 is 0 Å². The van der Waals surface area contributed by atoms with Crippen LogP contribution in [0.1, 0.15) is 44.5 Å². The standard InChI is InChI=1S/2C22H20N2O2.Ni/c2*1-17-7-9-18(10-8-17)15-23-24-22(25)20-11-13-21(14-12-20)26-16-19-5-3-2-4-6-19;/h2*2-15H,16H2,1H3,(H,24,25);/q;;+2/p-2/b2*23-15-;. The van der Waals surface area contributed by atoms with Gasteiger partial charge >= 0.3 is 16.5 Å². The van der Waals surface area contributed by atoms with E-state index in [0.717, 1.165) is 22.3 Å². The Bertz CT molecular complexity index is 1930. The molecule has 6 aromatic carbocycles. The topological polar surface area (TPSA) is 114 Å². The Morgan fingerprint density at radius 1 is 0.472 bits per heavy atom. The molecule has 0 spiro atoms. The summed E-state index contributed by atoms with van der Waals surface area (Å²) in [5.41, 5.74) is 7.26. The van der Waals surface area contributed by atoms with Crippen LogP contribution < -0.4 is 19.7 Å². The first-order valence-corrected chi connectivity index (χ1v) is 16.6. The van der Waals surface area contributed by atoms with Crippen molar-refractivity contribution in [2.45, 2.75) is 27.1 Å². The van der Waals surface area contributed by atoms with Crippen molar-refractivity contribution < 1.29 is 36.2 Å². The van der Waals surface area contributed by atoms with Crippen molar-refractivity contribution in [2.75, 3.05) is 0 Å². The summed E-state index contributed by atoms with van der Waals surface area (Å²) in [6, 6.07) is 49.3. The average Bonchev–Trinajstić information content (AvgIpc) is 3.19. The molecule has 0 amide bonds. The maximum absolute atomic E-state index is 12.1. The third-order valence-electron chi connectivity index (χ3n) is 7.56. The van der Waals surface area contributed by atoms with E-state index in [1.54, 1.807) is 61.0 Å². The van der Waals surface area contributed by atoms with Gasteiger partial charge in [0.15, 0.2) is 0 Å². The molecule has 0 aliphatic carbocycles. The fourth-order valence-corrected chi connectivity index (χ4v) is 4.59. The molecule has 9 heteroatoms. The van der Waals surface area contributed by atoms with Crippen molar-refractivity contribution in [3.8, 4) is 11.5 Å². The molecule has 8 nitrogen and oxygen atoms in total. The van der Waals surface area contributed by atoms with Gasteiger partial charge in [0.25, 0.3) is 0 Å². The molecule has 53 heavy (non-hydrogen) atoms. The molecule has 0 N–H and O–H groups in total. The molecule has 0 aromatic heterocycles. The van der Waals surface area contributed by atoms with Crippen LogP contribution in [0.2, 0.25) is 0 Å². The van der Waals surface area contributed by atoms with Crippen LogP contribution in [-0.2, 0) is 29.7 Å². The molecule has 0 radical (unpaired) electrons. The van der Waals surface area contributed by atoms with Crippen LogP contribution in [-0.4, -0.2) is 24.2 Å². The molecule has 0 atom stereocenters. The van der Waals surface area contributed by atoms with Gasteiger partial charge < -0.3 is 19.7 Å². The summed E-state index contributed by atoms with van der Waals surface area (Å²) in [5, 5.41) is 39.3. The summed E-state index contributed by atoms with van der Waals surface area (Å²) in [5.74, 6) is 0.632. The summed E-state index contributed by atoms with van der Waals surface area (Å²) < 4.78 is 11.4. The molecule has 0 heterocycles. The number of nitrogens with zero attached hydrogens (tertiary/aromatic N) is 4. The van der Waals surface area contributed by atoms with E-state index in [1.165, 1.54) is 11.1 Å². The first-order valence-electron chi connectivity index (χ1n) is 16.6. The minimum Gasteiger partial charge on any atom is -0.857 e. The maximum Gasteiger partial charge on any atom is 2.00 e. The normalized spacial score (nSPS) is 11.4. The Morgan fingerprint density at radius 3 is 1.15 bits per heavy atom. The van der Waals surface area contributed by atoms with Gasteiger partial charge in [0.1, 0.15) is 24.7 Å². The molecule has 0 aliphatic heterocycles. The number of rotatable bonds is 12. The Kier molecular flexibility index (Phi) is 15.8. The first kappa shape index (κ1) is 39.5. The Morgan fingerprint density at radius 2 is 0.811 bits per heavy atom. The van der Waals surface area contributed by atoms with Crippen LogP contribution in [0.25, 0.3) is 0 Å². The monoisotopic (exact) mass is 744 g/mol. The number of benzene rings is 6. The third-order valence-corrected chi connectivity index (χ3v) is 7.56. The molecule has 6 rings (SSSR count). The summed E-state index contributed by atoms with van der Waals surface area (Å²) in [6.07, 6.45) is 3.13. The van der Waals surface area contributed by atoms with Crippen molar-refractivity contribution in [3.05, 3.63) is 202 Å². The molecule has 0 aliphatic rings. The second kappa shape index (κ2) is 21.1. The van der Waals surface area contributed by atoms with Crippen molar-refractivity contribution >= 4 is 24.2 Å². The maximum atomic E-state index is 12.1. The SMILES string of the molecule is Cc1ccc(/C=N\N=C(/[O-])c2ccc(OCc3ccccc3)cc2)cc1.Cc1ccc(/C=N\N=C(/[O-])c2ccc(OCc3ccccc3)cc2)cc1.[Ni+2]. The van der Waals surface area contributed by atoms with Gasteiger partial charge in [-0.25, -0.2) is 0 Å². The van der Waals surface area contributed by atoms with Crippen LogP contribution in [0, 0.1) is 13.8 Å². The van der Waals surface area contributed by atoms with E-state index >= 15 is 0 Å². The summed E-state index contributed by atoms with van der Waals surface area (Å²) in [6.45, 7) is 5.00. The fraction of sp³-hybridized carbons (Fsp3) is 0.0909. The van der Waals surface area contributed by atoms with E-state index in [9.17, 15) is 10.2 Å². The van der Waals surface area contributed by atoms with E-state index in [0.29, 0.717) is 35.8 Å². The van der Waals surface area contributed by atoms with E-state index in [4.69, 9.17) is 9.47 Å². The molecule has 0 fully saturated rings. The minimum absolute atomic E-state index is 0. The Balaban J connectivity index is 0.000000232. The fourth-order valence-electron chi connectivity index (χ4n) is 4.59. The largest absolute Gasteiger partial charge is 2.00 e. The number of hydrogen-bond donors (Lipinski definition) is 0. The van der Waals surface area contributed by atoms with Gasteiger partial charge in [0.05, 0.1) is 12.4 Å². The van der Waals surface area contributed by atoms with Gasteiger partial charge in [-0.15, -0.1) is 0 Å².